The predicted octanol–water partition coefficient (Wildman–Crippen LogP) is 3.13. The van der Waals surface area contributed by atoms with Crippen LogP contribution in [0.4, 0.5) is 11.8 Å². The lowest BCUT2D eigenvalue weighted by molar-refractivity contribution is -0.149. The van der Waals surface area contributed by atoms with Gasteiger partial charge in [0.05, 0.1) is 40.5 Å². The van der Waals surface area contributed by atoms with Gasteiger partial charge in [0.1, 0.15) is 18.6 Å². The second-order valence-electron chi connectivity index (χ2n) is 14.2. The van der Waals surface area contributed by atoms with Gasteiger partial charge in [0.25, 0.3) is 10.0 Å². The van der Waals surface area contributed by atoms with Gasteiger partial charge in [0, 0.05) is 32.6 Å². The van der Waals surface area contributed by atoms with Crippen LogP contribution in [0.2, 0.25) is 0 Å². The van der Waals surface area contributed by atoms with Crippen molar-refractivity contribution in [3.05, 3.63) is 30.6 Å². The lowest BCUT2D eigenvalue weighted by atomic mass is 10.2. The van der Waals surface area contributed by atoms with Crippen molar-refractivity contribution < 1.29 is 41.2 Å². The standard InChI is InChI=1S/C33H49N10O9PS2/c1-8-50-26(46)20-42(17-16-38-55(48,49)31-39-22-11-9-10-12-23(22)54-31)25(45)19-43-21-37-27-28(34)40-30(41-29(27)43)36-15-14-35-24(44)13-18-53(47,51-32(2,3)4)52-33(5,6)7/h9-12,21,38H,8,13-20H2,1-7H3,(H,35,44)(H3,34,36,40,41). The number of ether oxygens (including phenoxy) is 1. The first-order valence-electron chi connectivity index (χ1n) is 17.4. The van der Waals surface area contributed by atoms with Crippen molar-refractivity contribution in [3.8, 4) is 0 Å². The molecular weight excluding hydrogens is 776 g/mol. The average Bonchev–Trinajstić information content (AvgIpc) is 3.69. The van der Waals surface area contributed by atoms with Crippen LogP contribution in [0.5, 0.6) is 0 Å². The number of benzene rings is 1. The lowest BCUT2D eigenvalue weighted by Gasteiger charge is -2.32. The van der Waals surface area contributed by atoms with E-state index < -0.39 is 47.2 Å². The number of thiazole rings is 1. The van der Waals surface area contributed by atoms with E-state index in [1.807, 2.05) is 0 Å². The molecule has 4 rings (SSSR count). The zero-order valence-electron chi connectivity index (χ0n) is 31.9. The Bertz CT molecular complexity index is 2090. The quantitative estimate of drug-likeness (QED) is 0.0602. The van der Waals surface area contributed by atoms with E-state index in [1.165, 1.54) is 15.8 Å². The maximum Gasteiger partial charge on any atom is 0.332 e. The molecular formula is C33H49N10O9PS2. The third kappa shape index (κ3) is 13.2. The summed E-state index contributed by atoms with van der Waals surface area (Å²) < 4.78 is 60.3. The molecule has 2 amide bonds. The number of para-hydroxylation sites is 1. The highest BCUT2D eigenvalue weighted by Crippen LogP contribution is 2.54. The van der Waals surface area contributed by atoms with Crippen molar-refractivity contribution in [2.24, 2.45) is 0 Å². The Hall–Kier alpha value is -4.27. The molecule has 0 fully saturated rings. The van der Waals surface area contributed by atoms with E-state index in [0.717, 1.165) is 11.3 Å². The van der Waals surface area contributed by atoms with E-state index in [4.69, 9.17) is 19.5 Å². The number of carbonyl (C=O) groups excluding carboxylic acids is 3. The number of aromatic nitrogens is 5. The molecule has 3 heterocycles. The monoisotopic (exact) mass is 824 g/mol. The van der Waals surface area contributed by atoms with Crippen molar-refractivity contribution >= 4 is 79.9 Å². The van der Waals surface area contributed by atoms with Gasteiger partial charge < -0.3 is 39.6 Å². The van der Waals surface area contributed by atoms with Crippen molar-refractivity contribution in [3.63, 3.8) is 0 Å². The van der Waals surface area contributed by atoms with Gasteiger partial charge in [-0.3, -0.25) is 18.9 Å². The predicted molar refractivity (Wildman–Crippen MR) is 208 cm³/mol. The fourth-order valence-electron chi connectivity index (χ4n) is 5.05. The van der Waals surface area contributed by atoms with Gasteiger partial charge in [0.2, 0.25) is 22.1 Å². The fourth-order valence-corrected chi connectivity index (χ4v) is 9.70. The SMILES string of the molecule is CCOC(=O)CN(CCNS(=O)(=O)c1nc2ccccc2s1)C(=O)Cn1cnc2c(N)nc(NCCNC(=O)CCP(=O)(OC(C)(C)C)OC(C)(C)C)nc21. The first-order valence-corrected chi connectivity index (χ1v) is 21.5. The molecule has 0 aliphatic rings. The van der Waals surface area contributed by atoms with E-state index in [2.05, 4.69) is 35.3 Å². The van der Waals surface area contributed by atoms with Gasteiger partial charge in [-0.15, -0.1) is 11.3 Å². The summed E-state index contributed by atoms with van der Waals surface area (Å²) in [7, 11) is -7.59. The summed E-state index contributed by atoms with van der Waals surface area (Å²) in [5, 5.41) is 5.72. The molecule has 3 aromatic heterocycles. The smallest absolute Gasteiger partial charge is 0.332 e. The van der Waals surface area contributed by atoms with Crippen LogP contribution in [0.3, 0.4) is 0 Å². The first-order chi connectivity index (χ1) is 25.7. The first kappa shape index (κ1) is 43.5. The van der Waals surface area contributed by atoms with E-state index in [1.54, 1.807) is 72.7 Å². The number of rotatable bonds is 19. The maximum absolute atomic E-state index is 13.6. The topological polar surface area (TPSA) is 252 Å². The van der Waals surface area contributed by atoms with E-state index in [-0.39, 0.29) is 85.1 Å². The molecule has 0 atom stereocenters. The molecule has 302 valence electrons. The van der Waals surface area contributed by atoms with Crippen LogP contribution >= 0.6 is 18.9 Å². The number of anilines is 2. The Morgan fingerprint density at radius 1 is 1.00 bits per heavy atom. The highest BCUT2D eigenvalue weighted by atomic mass is 32.2. The Labute approximate surface area is 323 Å². The lowest BCUT2D eigenvalue weighted by Crippen LogP contribution is -2.43. The number of nitrogens with zero attached hydrogens (tertiary/aromatic N) is 6. The zero-order chi connectivity index (χ0) is 40.6. The van der Waals surface area contributed by atoms with Crippen LogP contribution in [0.15, 0.2) is 34.9 Å². The maximum atomic E-state index is 13.6. The Morgan fingerprint density at radius 2 is 1.69 bits per heavy atom. The second kappa shape index (κ2) is 18.1. The number of carbonyl (C=O) groups is 3. The molecule has 0 spiro atoms. The highest BCUT2D eigenvalue weighted by Gasteiger charge is 2.35. The fraction of sp³-hybridized carbons (Fsp3) is 0.545. The highest BCUT2D eigenvalue weighted by molar-refractivity contribution is 7.91. The Kier molecular flexibility index (Phi) is 14.3. The van der Waals surface area contributed by atoms with Crippen LogP contribution in [-0.2, 0) is 49.3 Å². The number of nitrogen functional groups attached to an aromatic ring is 1. The summed E-state index contributed by atoms with van der Waals surface area (Å²) in [6, 6.07) is 7.02. The summed E-state index contributed by atoms with van der Waals surface area (Å²) in [5.41, 5.74) is 5.66. The van der Waals surface area contributed by atoms with E-state index in [9.17, 15) is 27.4 Å². The summed E-state index contributed by atoms with van der Waals surface area (Å²) in [6.45, 7) is 11.5. The largest absolute Gasteiger partial charge is 0.465 e. The summed E-state index contributed by atoms with van der Waals surface area (Å²) in [4.78, 5) is 56.8. The number of nitrogens with two attached hydrogens (primary N) is 1. The number of esters is 1. The molecule has 0 saturated heterocycles. The minimum absolute atomic E-state index is 0.0313. The Morgan fingerprint density at radius 3 is 2.35 bits per heavy atom. The van der Waals surface area contributed by atoms with Gasteiger partial charge in [-0.1, -0.05) is 12.1 Å². The van der Waals surface area contributed by atoms with Crippen molar-refractivity contribution in [2.45, 2.75) is 77.0 Å². The molecule has 0 aliphatic carbocycles. The van der Waals surface area contributed by atoms with Gasteiger partial charge in [0.15, 0.2) is 11.5 Å². The molecule has 0 aliphatic heterocycles. The summed E-state index contributed by atoms with van der Waals surface area (Å²) in [5.74, 6) is -1.45. The molecule has 0 radical (unpaired) electrons. The van der Waals surface area contributed by atoms with Crippen molar-refractivity contribution in [1.82, 2.24) is 39.4 Å². The van der Waals surface area contributed by atoms with Gasteiger partial charge in [-0.05, 0) is 60.6 Å². The van der Waals surface area contributed by atoms with E-state index >= 15 is 0 Å². The minimum atomic E-state index is -4.00. The van der Waals surface area contributed by atoms with Crippen LogP contribution in [0.25, 0.3) is 21.4 Å². The van der Waals surface area contributed by atoms with Crippen LogP contribution in [-0.4, -0.2) is 112 Å². The molecule has 19 nitrogen and oxygen atoms in total. The molecule has 0 bridgehead atoms. The summed E-state index contributed by atoms with van der Waals surface area (Å²) >= 11 is 1.02. The number of fused-ring (bicyclic) bond motifs is 2. The van der Waals surface area contributed by atoms with Crippen molar-refractivity contribution in [1.29, 1.82) is 0 Å². The third-order valence-electron chi connectivity index (χ3n) is 7.12. The van der Waals surface area contributed by atoms with Gasteiger partial charge in [-0.25, -0.2) is 23.1 Å². The molecule has 5 N–H and O–H groups in total. The molecule has 0 unspecified atom stereocenters. The van der Waals surface area contributed by atoms with Crippen LogP contribution < -0.4 is 21.1 Å². The Balaban J connectivity index is 1.36. The number of hydrogen-bond donors (Lipinski definition) is 4. The normalized spacial score (nSPS) is 12.6. The number of amides is 2. The van der Waals surface area contributed by atoms with E-state index in [0.29, 0.717) is 10.2 Å². The molecule has 0 saturated carbocycles. The minimum Gasteiger partial charge on any atom is -0.465 e. The van der Waals surface area contributed by atoms with Crippen LogP contribution in [0.1, 0.15) is 54.9 Å². The van der Waals surface area contributed by atoms with Gasteiger partial charge >= 0.3 is 13.6 Å². The second-order valence-corrected chi connectivity index (χ2v) is 19.2. The number of nitrogens with one attached hydrogen (secondary N) is 3. The molecule has 4 aromatic rings. The average molecular weight is 825 g/mol. The number of hydrogen-bond acceptors (Lipinski definition) is 16. The summed E-state index contributed by atoms with van der Waals surface area (Å²) in [6.07, 6.45) is 1.16. The van der Waals surface area contributed by atoms with Gasteiger partial charge in [-0.2, -0.15) is 9.97 Å². The molecule has 55 heavy (non-hydrogen) atoms. The molecule has 22 heteroatoms. The molecule has 1 aromatic carbocycles. The number of imidazole rings is 1. The zero-order valence-corrected chi connectivity index (χ0v) is 34.5. The van der Waals surface area contributed by atoms with Crippen LogP contribution in [0, 0.1) is 0 Å². The van der Waals surface area contributed by atoms with Crippen molar-refractivity contribution in [2.75, 3.05) is 56.5 Å². The number of sulfonamides is 1. The third-order valence-corrected chi connectivity index (χ3v) is 12.4.